The van der Waals surface area contributed by atoms with E-state index in [-0.39, 0.29) is 18.6 Å². The monoisotopic (exact) mass is 292 g/mol. The fraction of sp³-hybridized carbons (Fsp3) is 0.533. The van der Waals surface area contributed by atoms with E-state index in [1.54, 1.807) is 0 Å². The predicted octanol–water partition coefficient (Wildman–Crippen LogP) is -0.113. The summed E-state index contributed by atoms with van der Waals surface area (Å²) in [6.45, 7) is 4.08. The number of rotatable bonds is 6. The zero-order valence-electron chi connectivity index (χ0n) is 12.5. The maximum absolute atomic E-state index is 11.3. The molecule has 6 heteroatoms. The van der Waals surface area contributed by atoms with Crippen molar-refractivity contribution in [3.8, 4) is 0 Å². The van der Waals surface area contributed by atoms with Gasteiger partial charge in [-0.3, -0.25) is 9.69 Å². The van der Waals surface area contributed by atoms with Gasteiger partial charge in [0.05, 0.1) is 19.3 Å². The van der Waals surface area contributed by atoms with E-state index in [9.17, 15) is 4.79 Å². The maximum Gasteiger partial charge on any atom is 0.231 e. The minimum absolute atomic E-state index is 0.101. The first-order valence-electron chi connectivity index (χ1n) is 7.18. The molecular formula is C15H24N4O2. The second kappa shape index (κ2) is 7.40. The van der Waals surface area contributed by atoms with Gasteiger partial charge in [0.15, 0.2) is 0 Å². The molecule has 1 fully saturated rings. The Hall–Kier alpha value is -1.63. The Morgan fingerprint density at radius 3 is 3.00 bits per heavy atom. The molecule has 1 atom stereocenters. The number of nitrogens with zero attached hydrogens (tertiary/aromatic N) is 2. The van der Waals surface area contributed by atoms with Gasteiger partial charge in [0.25, 0.3) is 0 Å². The highest BCUT2D eigenvalue weighted by Crippen LogP contribution is 2.12. The zero-order chi connectivity index (χ0) is 15.2. The van der Waals surface area contributed by atoms with Crippen LogP contribution in [0.2, 0.25) is 0 Å². The number of carbonyl (C=O) groups is 1. The van der Waals surface area contributed by atoms with E-state index < -0.39 is 0 Å². The van der Waals surface area contributed by atoms with Crippen LogP contribution in [-0.2, 0) is 16.1 Å². The van der Waals surface area contributed by atoms with Gasteiger partial charge in [-0.1, -0.05) is 12.1 Å². The molecule has 0 aromatic heterocycles. The Kier molecular flexibility index (Phi) is 5.55. The molecule has 1 amide bonds. The molecule has 4 N–H and O–H groups in total. The lowest BCUT2D eigenvalue weighted by atomic mass is 10.1. The Bertz CT molecular complexity index is 480. The third kappa shape index (κ3) is 5.34. The van der Waals surface area contributed by atoms with Crippen molar-refractivity contribution in [3.05, 3.63) is 29.8 Å². The molecule has 0 aliphatic carbocycles. The van der Waals surface area contributed by atoms with Gasteiger partial charge in [0.1, 0.15) is 0 Å². The molecule has 1 aromatic carbocycles. The number of likely N-dealkylation sites (N-methyl/N-ethyl adjacent to an activating group) is 1. The molecule has 1 heterocycles. The second-order valence-corrected chi connectivity index (χ2v) is 5.64. The van der Waals surface area contributed by atoms with E-state index >= 15 is 0 Å². The van der Waals surface area contributed by atoms with Gasteiger partial charge in [-0.05, 0) is 24.7 Å². The highest BCUT2D eigenvalue weighted by molar-refractivity contribution is 5.75. The van der Waals surface area contributed by atoms with Crippen LogP contribution >= 0.6 is 0 Å². The number of anilines is 1. The van der Waals surface area contributed by atoms with Crippen LogP contribution in [0.1, 0.15) is 5.56 Å². The van der Waals surface area contributed by atoms with Gasteiger partial charge in [-0.15, -0.1) is 0 Å². The lowest BCUT2D eigenvalue weighted by Gasteiger charge is -2.33. The number of hydrogen-bond donors (Lipinski definition) is 2. The highest BCUT2D eigenvalue weighted by Gasteiger charge is 2.21. The Balaban J connectivity index is 1.98. The molecule has 0 radical (unpaired) electrons. The summed E-state index contributed by atoms with van der Waals surface area (Å²) in [5, 5.41) is 0. The lowest BCUT2D eigenvalue weighted by molar-refractivity contribution is -0.120. The van der Waals surface area contributed by atoms with Gasteiger partial charge in [-0.25, -0.2) is 0 Å². The van der Waals surface area contributed by atoms with E-state index in [2.05, 4.69) is 11.9 Å². The van der Waals surface area contributed by atoms with Gasteiger partial charge in [0, 0.05) is 31.9 Å². The van der Waals surface area contributed by atoms with E-state index in [1.807, 2.05) is 29.2 Å². The third-order valence-electron chi connectivity index (χ3n) is 3.54. The van der Waals surface area contributed by atoms with Crippen molar-refractivity contribution < 1.29 is 9.53 Å². The summed E-state index contributed by atoms with van der Waals surface area (Å²) in [5.41, 5.74) is 12.9. The maximum atomic E-state index is 11.3. The van der Waals surface area contributed by atoms with Crippen LogP contribution < -0.4 is 11.5 Å². The molecule has 116 valence electrons. The predicted molar refractivity (Wildman–Crippen MR) is 82.6 cm³/mol. The van der Waals surface area contributed by atoms with E-state index in [4.69, 9.17) is 16.2 Å². The van der Waals surface area contributed by atoms with Gasteiger partial charge in [0.2, 0.25) is 5.91 Å². The van der Waals surface area contributed by atoms with Crippen molar-refractivity contribution in [3.63, 3.8) is 0 Å². The Morgan fingerprint density at radius 1 is 1.52 bits per heavy atom. The number of nitrogens with two attached hydrogens (primary N) is 2. The summed E-state index contributed by atoms with van der Waals surface area (Å²) < 4.78 is 5.76. The van der Waals surface area contributed by atoms with Crippen molar-refractivity contribution in [2.45, 2.75) is 12.6 Å². The SMILES string of the molecule is CN1CCOC(CN(CC(N)=O)Cc2cccc(N)c2)C1. The number of carbonyl (C=O) groups excluding carboxylic acids is 1. The van der Waals surface area contributed by atoms with Crippen LogP contribution in [0.3, 0.4) is 0 Å². The molecule has 0 saturated carbocycles. The topological polar surface area (TPSA) is 84.8 Å². The molecule has 1 saturated heterocycles. The summed E-state index contributed by atoms with van der Waals surface area (Å²) in [6, 6.07) is 7.68. The van der Waals surface area contributed by atoms with E-state index in [0.717, 1.165) is 30.9 Å². The van der Waals surface area contributed by atoms with Crippen LogP contribution in [0.5, 0.6) is 0 Å². The van der Waals surface area contributed by atoms with Gasteiger partial charge in [-0.2, -0.15) is 0 Å². The summed E-state index contributed by atoms with van der Waals surface area (Å²) in [7, 11) is 2.08. The standard InChI is InChI=1S/C15H24N4O2/c1-18-5-6-21-14(9-18)10-19(11-15(17)20)8-12-3-2-4-13(16)7-12/h2-4,7,14H,5-6,8-11,16H2,1H3,(H2,17,20). The molecule has 21 heavy (non-hydrogen) atoms. The number of benzene rings is 1. The Labute approximate surface area is 125 Å². The molecular weight excluding hydrogens is 268 g/mol. The molecule has 1 aliphatic rings. The molecule has 0 spiro atoms. The van der Waals surface area contributed by atoms with Crippen molar-refractivity contribution >= 4 is 11.6 Å². The van der Waals surface area contributed by atoms with Crippen molar-refractivity contribution in [1.29, 1.82) is 0 Å². The third-order valence-corrected chi connectivity index (χ3v) is 3.54. The first-order valence-corrected chi connectivity index (χ1v) is 7.18. The van der Waals surface area contributed by atoms with Gasteiger partial charge >= 0.3 is 0 Å². The molecule has 6 nitrogen and oxygen atoms in total. The number of primary amides is 1. The number of amides is 1. The quantitative estimate of drug-likeness (QED) is 0.715. The minimum Gasteiger partial charge on any atom is -0.399 e. The molecule has 2 rings (SSSR count). The number of hydrogen-bond acceptors (Lipinski definition) is 5. The summed E-state index contributed by atoms with van der Waals surface area (Å²) >= 11 is 0. The van der Waals surface area contributed by atoms with Gasteiger partial charge < -0.3 is 21.1 Å². The Morgan fingerprint density at radius 2 is 2.33 bits per heavy atom. The average molecular weight is 292 g/mol. The highest BCUT2D eigenvalue weighted by atomic mass is 16.5. The average Bonchev–Trinajstić information content (AvgIpc) is 2.37. The first kappa shape index (κ1) is 15.8. The molecule has 1 aromatic rings. The van der Waals surface area contributed by atoms with Crippen LogP contribution in [0.25, 0.3) is 0 Å². The second-order valence-electron chi connectivity index (χ2n) is 5.64. The number of morpholine rings is 1. The zero-order valence-corrected chi connectivity index (χ0v) is 12.5. The van der Waals surface area contributed by atoms with Crippen molar-refractivity contribution in [2.75, 3.05) is 45.6 Å². The normalized spacial score (nSPS) is 19.8. The number of ether oxygens (including phenoxy) is 1. The molecule has 1 unspecified atom stereocenters. The lowest BCUT2D eigenvalue weighted by Crippen LogP contribution is -2.47. The van der Waals surface area contributed by atoms with E-state index in [1.165, 1.54) is 0 Å². The fourth-order valence-electron chi connectivity index (χ4n) is 2.62. The minimum atomic E-state index is -0.330. The van der Waals surface area contributed by atoms with Crippen molar-refractivity contribution in [2.24, 2.45) is 5.73 Å². The summed E-state index contributed by atoms with van der Waals surface area (Å²) in [5.74, 6) is -0.330. The first-order chi connectivity index (χ1) is 10.0. The fourth-order valence-corrected chi connectivity index (χ4v) is 2.62. The summed E-state index contributed by atoms with van der Waals surface area (Å²) in [6.07, 6.45) is 0.101. The number of nitrogen functional groups attached to an aromatic ring is 1. The van der Waals surface area contributed by atoms with Crippen LogP contribution in [-0.4, -0.2) is 61.6 Å². The van der Waals surface area contributed by atoms with E-state index in [0.29, 0.717) is 13.1 Å². The smallest absolute Gasteiger partial charge is 0.231 e. The summed E-state index contributed by atoms with van der Waals surface area (Å²) in [4.78, 5) is 15.5. The van der Waals surface area contributed by atoms with Crippen molar-refractivity contribution in [1.82, 2.24) is 9.80 Å². The van der Waals surface area contributed by atoms with Crippen LogP contribution in [0.4, 0.5) is 5.69 Å². The van der Waals surface area contributed by atoms with Crippen LogP contribution in [0.15, 0.2) is 24.3 Å². The van der Waals surface area contributed by atoms with Crippen LogP contribution in [0, 0.1) is 0 Å². The molecule has 0 bridgehead atoms. The molecule has 1 aliphatic heterocycles. The largest absolute Gasteiger partial charge is 0.399 e.